The van der Waals surface area contributed by atoms with Crippen molar-refractivity contribution in [3.8, 4) is 0 Å². The standard InChI is InChI=1S/C19H31NO/c1-17(2)11-12-19(21,18-9-5-3-6-10-18)13-16-20-14-7-4-8-15-20/h3,5-6,9-10,17,21H,4,7-8,11-16H2,1-2H3/t19-/m0/s1. The third-order valence-electron chi connectivity index (χ3n) is 4.74. The van der Waals surface area contributed by atoms with Gasteiger partial charge in [0.25, 0.3) is 0 Å². The summed E-state index contributed by atoms with van der Waals surface area (Å²) < 4.78 is 0. The average Bonchev–Trinajstić information content (AvgIpc) is 2.53. The Balaban J connectivity index is 2.00. The Morgan fingerprint density at radius 2 is 1.71 bits per heavy atom. The second-order valence-electron chi connectivity index (χ2n) is 6.98. The molecule has 1 aliphatic rings. The van der Waals surface area contributed by atoms with Crippen LogP contribution in [0.5, 0.6) is 0 Å². The molecule has 1 fully saturated rings. The molecule has 1 aliphatic heterocycles. The summed E-state index contributed by atoms with van der Waals surface area (Å²) in [7, 11) is 0. The van der Waals surface area contributed by atoms with Crippen molar-refractivity contribution in [3.63, 3.8) is 0 Å². The van der Waals surface area contributed by atoms with Gasteiger partial charge in [-0.15, -0.1) is 0 Å². The molecule has 21 heavy (non-hydrogen) atoms. The van der Waals surface area contributed by atoms with E-state index in [0.29, 0.717) is 5.92 Å². The molecule has 0 unspecified atom stereocenters. The van der Waals surface area contributed by atoms with Crippen molar-refractivity contribution in [2.45, 2.75) is 58.0 Å². The van der Waals surface area contributed by atoms with Crippen LogP contribution in [0.2, 0.25) is 0 Å². The van der Waals surface area contributed by atoms with Crippen molar-refractivity contribution in [2.24, 2.45) is 5.92 Å². The zero-order chi connectivity index (χ0) is 15.1. The summed E-state index contributed by atoms with van der Waals surface area (Å²) in [5.74, 6) is 0.634. The van der Waals surface area contributed by atoms with Gasteiger partial charge in [0, 0.05) is 6.54 Å². The molecular weight excluding hydrogens is 258 g/mol. The molecule has 2 rings (SSSR count). The van der Waals surface area contributed by atoms with Crippen LogP contribution in [-0.2, 0) is 5.60 Å². The molecule has 0 bridgehead atoms. The van der Waals surface area contributed by atoms with Crippen LogP contribution in [0, 0.1) is 5.92 Å². The van der Waals surface area contributed by atoms with Crippen LogP contribution in [0.1, 0.15) is 57.9 Å². The van der Waals surface area contributed by atoms with Crippen molar-refractivity contribution < 1.29 is 5.11 Å². The molecular formula is C19H31NO. The fraction of sp³-hybridized carbons (Fsp3) is 0.684. The van der Waals surface area contributed by atoms with E-state index in [4.69, 9.17) is 0 Å². The van der Waals surface area contributed by atoms with Gasteiger partial charge in [-0.3, -0.25) is 0 Å². The lowest BCUT2D eigenvalue weighted by Crippen LogP contribution is -2.36. The Morgan fingerprint density at radius 3 is 2.33 bits per heavy atom. The van der Waals surface area contributed by atoms with Crippen LogP contribution >= 0.6 is 0 Å². The summed E-state index contributed by atoms with van der Waals surface area (Å²) in [4.78, 5) is 2.52. The minimum atomic E-state index is -0.664. The van der Waals surface area contributed by atoms with E-state index in [9.17, 15) is 5.11 Å². The number of likely N-dealkylation sites (tertiary alicyclic amines) is 1. The van der Waals surface area contributed by atoms with E-state index < -0.39 is 5.60 Å². The smallest absolute Gasteiger partial charge is 0.0908 e. The van der Waals surface area contributed by atoms with Gasteiger partial charge in [0.15, 0.2) is 0 Å². The third-order valence-corrected chi connectivity index (χ3v) is 4.74. The van der Waals surface area contributed by atoms with Gasteiger partial charge in [0.1, 0.15) is 0 Å². The Bertz CT molecular complexity index is 397. The first kappa shape index (κ1) is 16.5. The number of rotatable bonds is 7. The van der Waals surface area contributed by atoms with E-state index in [1.807, 2.05) is 18.2 Å². The van der Waals surface area contributed by atoms with Crippen LogP contribution in [0.25, 0.3) is 0 Å². The minimum absolute atomic E-state index is 0.634. The van der Waals surface area contributed by atoms with Gasteiger partial charge in [-0.2, -0.15) is 0 Å². The molecule has 1 N–H and O–H groups in total. The van der Waals surface area contributed by atoms with Crippen LogP contribution in [0.4, 0.5) is 0 Å². The summed E-state index contributed by atoms with van der Waals surface area (Å²) >= 11 is 0. The number of hydrogen-bond acceptors (Lipinski definition) is 2. The fourth-order valence-corrected chi connectivity index (χ4v) is 3.22. The van der Waals surface area contributed by atoms with Gasteiger partial charge in [0.05, 0.1) is 5.60 Å². The van der Waals surface area contributed by atoms with Crippen LogP contribution in [-0.4, -0.2) is 29.6 Å². The maximum atomic E-state index is 11.2. The normalized spacial score (nSPS) is 19.6. The maximum absolute atomic E-state index is 11.2. The molecule has 0 spiro atoms. The van der Waals surface area contributed by atoms with Crippen LogP contribution in [0.15, 0.2) is 30.3 Å². The monoisotopic (exact) mass is 289 g/mol. The van der Waals surface area contributed by atoms with Crippen molar-refractivity contribution >= 4 is 0 Å². The summed E-state index contributed by atoms with van der Waals surface area (Å²) in [5, 5.41) is 11.2. The Morgan fingerprint density at radius 1 is 1.05 bits per heavy atom. The number of hydrogen-bond donors (Lipinski definition) is 1. The van der Waals surface area contributed by atoms with Gasteiger partial charge < -0.3 is 10.0 Å². The molecule has 0 radical (unpaired) electrons. The number of piperidine rings is 1. The number of aliphatic hydroxyl groups is 1. The molecule has 1 heterocycles. The first-order valence-corrected chi connectivity index (χ1v) is 8.60. The second kappa shape index (κ2) is 7.95. The topological polar surface area (TPSA) is 23.5 Å². The van der Waals surface area contributed by atoms with Crippen molar-refractivity contribution in [1.29, 1.82) is 0 Å². The van der Waals surface area contributed by atoms with Crippen molar-refractivity contribution in [3.05, 3.63) is 35.9 Å². The average molecular weight is 289 g/mol. The summed E-state index contributed by atoms with van der Waals surface area (Å²) in [6, 6.07) is 10.3. The molecule has 0 aromatic heterocycles. The highest BCUT2D eigenvalue weighted by molar-refractivity contribution is 5.22. The summed E-state index contributed by atoms with van der Waals surface area (Å²) in [6.45, 7) is 7.89. The van der Waals surface area contributed by atoms with E-state index in [1.54, 1.807) is 0 Å². The third kappa shape index (κ3) is 5.12. The molecule has 2 nitrogen and oxygen atoms in total. The first-order chi connectivity index (χ1) is 10.1. The quantitative estimate of drug-likeness (QED) is 0.813. The molecule has 1 saturated heterocycles. The SMILES string of the molecule is CC(C)CC[C@](O)(CCN1CCCCC1)c1ccccc1. The number of nitrogens with zero attached hydrogens (tertiary/aromatic N) is 1. The van der Waals surface area contributed by atoms with Gasteiger partial charge in [-0.25, -0.2) is 0 Å². The van der Waals surface area contributed by atoms with E-state index in [0.717, 1.165) is 31.4 Å². The summed E-state index contributed by atoms with van der Waals surface area (Å²) in [6.07, 6.45) is 6.79. The fourth-order valence-electron chi connectivity index (χ4n) is 3.22. The lowest BCUT2D eigenvalue weighted by molar-refractivity contribution is 0.00258. The molecule has 1 atom stereocenters. The molecule has 118 valence electrons. The van der Waals surface area contributed by atoms with Crippen molar-refractivity contribution in [1.82, 2.24) is 4.90 Å². The first-order valence-electron chi connectivity index (χ1n) is 8.60. The van der Waals surface area contributed by atoms with E-state index in [1.165, 1.54) is 32.4 Å². The predicted octanol–water partition coefficient (Wildman–Crippen LogP) is 4.19. The highest BCUT2D eigenvalue weighted by atomic mass is 16.3. The van der Waals surface area contributed by atoms with Gasteiger partial charge in [-0.05, 0) is 56.7 Å². The van der Waals surface area contributed by atoms with Gasteiger partial charge in [0.2, 0.25) is 0 Å². The summed E-state index contributed by atoms with van der Waals surface area (Å²) in [5.41, 5.74) is 0.422. The maximum Gasteiger partial charge on any atom is 0.0908 e. The molecule has 1 aromatic rings. The zero-order valence-electron chi connectivity index (χ0n) is 13.7. The van der Waals surface area contributed by atoms with E-state index in [-0.39, 0.29) is 0 Å². The van der Waals surface area contributed by atoms with Crippen LogP contribution < -0.4 is 0 Å². The van der Waals surface area contributed by atoms with Crippen LogP contribution in [0.3, 0.4) is 0 Å². The molecule has 0 amide bonds. The Hall–Kier alpha value is -0.860. The number of benzene rings is 1. The highest BCUT2D eigenvalue weighted by Crippen LogP contribution is 2.32. The van der Waals surface area contributed by atoms with Gasteiger partial charge >= 0.3 is 0 Å². The lowest BCUT2D eigenvalue weighted by Gasteiger charge is -2.34. The second-order valence-corrected chi connectivity index (χ2v) is 6.98. The van der Waals surface area contributed by atoms with E-state index in [2.05, 4.69) is 30.9 Å². The zero-order valence-corrected chi connectivity index (χ0v) is 13.7. The highest BCUT2D eigenvalue weighted by Gasteiger charge is 2.29. The molecule has 0 saturated carbocycles. The molecule has 0 aliphatic carbocycles. The lowest BCUT2D eigenvalue weighted by atomic mass is 9.84. The molecule has 2 heteroatoms. The van der Waals surface area contributed by atoms with E-state index >= 15 is 0 Å². The minimum Gasteiger partial charge on any atom is -0.385 e. The Labute approximate surface area is 130 Å². The predicted molar refractivity (Wildman–Crippen MR) is 89.3 cm³/mol. The molecule has 1 aromatic carbocycles. The largest absolute Gasteiger partial charge is 0.385 e. The Kier molecular flexibility index (Phi) is 6.25. The van der Waals surface area contributed by atoms with Crippen molar-refractivity contribution in [2.75, 3.05) is 19.6 Å². The van der Waals surface area contributed by atoms with Gasteiger partial charge in [-0.1, -0.05) is 50.6 Å².